The van der Waals surface area contributed by atoms with Gasteiger partial charge in [-0.3, -0.25) is 24.2 Å². The third kappa shape index (κ3) is 2.57. The van der Waals surface area contributed by atoms with E-state index in [4.69, 9.17) is 4.74 Å². The van der Waals surface area contributed by atoms with Gasteiger partial charge in [0.15, 0.2) is 0 Å². The Morgan fingerprint density at radius 1 is 1.56 bits per heavy atom. The lowest BCUT2D eigenvalue weighted by Gasteiger charge is -2.20. The molecule has 1 atom stereocenters. The van der Waals surface area contributed by atoms with Crippen LogP contribution in [-0.2, 0) is 19.1 Å². The van der Waals surface area contributed by atoms with Crippen molar-refractivity contribution in [3.05, 3.63) is 0 Å². The lowest BCUT2D eigenvalue weighted by molar-refractivity contribution is -0.145. The van der Waals surface area contributed by atoms with Crippen LogP contribution in [-0.4, -0.2) is 60.9 Å². The van der Waals surface area contributed by atoms with Gasteiger partial charge < -0.3 is 4.74 Å². The third-order valence-corrected chi connectivity index (χ3v) is 2.57. The fourth-order valence-electron chi connectivity index (χ4n) is 1.60. The van der Waals surface area contributed by atoms with Crippen LogP contribution in [0.2, 0.25) is 0 Å². The van der Waals surface area contributed by atoms with Gasteiger partial charge in [-0.05, 0) is 14.0 Å². The number of rotatable bonds is 4. The Hall–Kier alpha value is -1.43. The number of carbonyl (C=O) groups is 3. The summed E-state index contributed by atoms with van der Waals surface area (Å²) in [5.74, 6) is -0.873. The fourth-order valence-corrected chi connectivity index (χ4v) is 1.60. The van der Waals surface area contributed by atoms with Gasteiger partial charge in [-0.2, -0.15) is 0 Å². The average Bonchev–Trinajstić information content (AvgIpc) is 2.46. The van der Waals surface area contributed by atoms with E-state index in [0.717, 1.165) is 4.90 Å². The van der Waals surface area contributed by atoms with Gasteiger partial charge >= 0.3 is 5.97 Å². The molecule has 1 fully saturated rings. The van der Waals surface area contributed by atoms with Gasteiger partial charge in [0.1, 0.15) is 0 Å². The maximum absolute atomic E-state index is 11.6. The first kappa shape index (κ1) is 12.6. The van der Waals surface area contributed by atoms with Gasteiger partial charge in [0.05, 0.1) is 25.6 Å². The standard InChI is InChI=1S/C10H16N2O4/c1-4-16-9(14)6-11(2)7-5-8(13)12(3)10(7)15/h7H,4-6H2,1-3H3. The molecule has 2 amide bonds. The number of hydrogen-bond donors (Lipinski definition) is 0. The molecule has 0 aromatic heterocycles. The monoisotopic (exact) mass is 228 g/mol. The minimum atomic E-state index is -0.540. The highest BCUT2D eigenvalue weighted by Crippen LogP contribution is 2.15. The molecule has 0 aliphatic carbocycles. The topological polar surface area (TPSA) is 66.9 Å². The number of amides is 2. The molecule has 1 aliphatic heterocycles. The molecule has 90 valence electrons. The summed E-state index contributed by atoms with van der Waals surface area (Å²) in [6.07, 6.45) is 0.130. The number of esters is 1. The van der Waals surface area contributed by atoms with Crippen molar-refractivity contribution >= 4 is 17.8 Å². The molecule has 1 aliphatic rings. The highest BCUT2D eigenvalue weighted by atomic mass is 16.5. The molecule has 1 saturated heterocycles. The summed E-state index contributed by atoms with van der Waals surface area (Å²) >= 11 is 0. The predicted molar refractivity (Wildman–Crippen MR) is 55.4 cm³/mol. The number of likely N-dealkylation sites (N-methyl/N-ethyl adjacent to an activating group) is 2. The van der Waals surface area contributed by atoms with E-state index in [-0.39, 0.29) is 30.7 Å². The molecule has 1 heterocycles. The molecule has 0 saturated carbocycles. The number of carbonyl (C=O) groups excluding carboxylic acids is 3. The van der Waals surface area contributed by atoms with Crippen LogP contribution < -0.4 is 0 Å². The molecule has 1 rings (SSSR count). The van der Waals surface area contributed by atoms with Crippen molar-refractivity contribution in [2.45, 2.75) is 19.4 Å². The molecular formula is C10H16N2O4. The minimum absolute atomic E-state index is 0.0192. The van der Waals surface area contributed by atoms with Crippen LogP contribution in [0.1, 0.15) is 13.3 Å². The quantitative estimate of drug-likeness (QED) is 0.467. The van der Waals surface area contributed by atoms with Crippen molar-refractivity contribution in [3.8, 4) is 0 Å². The SMILES string of the molecule is CCOC(=O)CN(C)C1CC(=O)N(C)C1=O. The van der Waals surface area contributed by atoms with Gasteiger partial charge in [-0.25, -0.2) is 0 Å². The van der Waals surface area contributed by atoms with E-state index in [1.165, 1.54) is 7.05 Å². The fraction of sp³-hybridized carbons (Fsp3) is 0.700. The first-order chi connectivity index (χ1) is 7.47. The number of hydrogen-bond acceptors (Lipinski definition) is 5. The van der Waals surface area contributed by atoms with Crippen LogP contribution in [0.15, 0.2) is 0 Å². The molecule has 0 N–H and O–H groups in total. The number of ether oxygens (including phenoxy) is 1. The van der Waals surface area contributed by atoms with Gasteiger partial charge in [0.2, 0.25) is 11.8 Å². The highest BCUT2D eigenvalue weighted by molar-refractivity contribution is 6.05. The average molecular weight is 228 g/mol. The van der Waals surface area contributed by atoms with Crippen LogP contribution >= 0.6 is 0 Å². The van der Waals surface area contributed by atoms with E-state index >= 15 is 0 Å². The zero-order valence-corrected chi connectivity index (χ0v) is 9.73. The maximum Gasteiger partial charge on any atom is 0.320 e. The summed E-state index contributed by atoms with van der Waals surface area (Å²) in [5, 5.41) is 0. The number of likely N-dealkylation sites (tertiary alicyclic amines) is 1. The minimum Gasteiger partial charge on any atom is -0.465 e. The lowest BCUT2D eigenvalue weighted by atomic mass is 10.2. The van der Waals surface area contributed by atoms with Gasteiger partial charge in [0, 0.05) is 7.05 Å². The Bertz CT molecular complexity index is 316. The summed E-state index contributed by atoms with van der Waals surface area (Å²) in [4.78, 5) is 36.7. The van der Waals surface area contributed by atoms with Gasteiger partial charge in [-0.1, -0.05) is 0 Å². The third-order valence-electron chi connectivity index (χ3n) is 2.57. The summed E-state index contributed by atoms with van der Waals surface area (Å²) in [6.45, 7) is 2.05. The molecule has 16 heavy (non-hydrogen) atoms. The van der Waals surface area contributed by atoms with E-state index in [0.29, 0.717) is 6.61 Å². The summed E-state index contributed by atoms with van der Waals surface area (Å²) in [5.41, 5.74) is 0. The zero-order valence-electron chi connectivity index (χ0n) is 9.73. The largest absolute Gasteiger partial charge is 0.465 e. The Morgan fingerprint density at radius 2 is 2.19 bits per heavy atom. The van der Waals surface area contributed by atoms with Crippen molar-refractivity contribution in [3.63, 3.8) is 0 Å². The lowest BCUT2D eigenvalue weighted by Crippen LogP contribution is -2.41. The molecule has 0 bridgehead atoms. The van der Waals surface area contributed by atoms with Gasteiger partial charge in [-0.15, -0.1) is 0 Å². The normalized spacial score (nSPS) is 20.8. The molecular weight excluding hydrogens is 212 g/mol. The van der Waals surface area contributed by atoms with Crippen LogP contribution in [0.3, 0.4) is 0 Å². The van der Waals surface area contributed by atoms with Crippen LogP contribution in [0.4, 0.5) is 0 Å². The van der Waals surface area contributed by atoms with E-state index < -0.39 is 6.04 Å². The Kier molecular flexibility index (Phi) is 4.00. The molecule has 6 nitrogen and oxygen atoms in total. The van der Waals surface area contributed by atoms with E-state index in [2.05, 4.69) is 0 Å². The molecule has 0 spiro atoms. The second-order valence-corrected chi connectivity index (χ2v) is 3.73. The van der Waals surface area contributed by atoms with Crippen LogP contribution in [0.5, 0.6) is 0 Å². The van der Waals surface area contributed by atoms with Crippen LogP contribution in [0, 0.1) is 0 Å². The second-order valence-electron chi connectivity index (χ2n) is 3.73. The Balaban J connectivity index is 2.55. The Labute approximate surface area is 94.1 Å². The highest BCUT2D eigenvalue weighted by Gasteiger charge is 2.38. The van der Waals surface area contributed by atoms with Crippen molar-refractivity contribution in [2.24, 2.45) is 0 Å². The van der Waals surface area contributed by atoms with Crippen LogP contribution in [0.25, 0.3) is 0 Å². The van der Waals surface area contributed by atoms with Gasteiger partial charge in [0.25, 0.3) is 0 Å². The molecule has 0 aromatic rings. The number of nitrogens with zero attached hydrogens (tertiary/aromatic N) is 2. The summed E-state index contributed by atoms with van der Waals surface area (Å²) in [6, 6.07) is -0.540. The Morgan fingerprint density at radius 3 is 2.62 bits per heavy atom. The predicted octanol–water partition coefficient (Wildman–Crippen LogP) is -0.761. The second kappa shape index (κ2) is 5.07. The first-order valence-corrected chi connectivity index (χ1v) is 5.13. The van der Waals surface area contributed by atoms with E-state index in [9.17, 15) is 14.4 Å². The van der Waals surface area contributed by atoms with Crippen molar-refractivity contribution in [1.82, 2.24) is 9.80 Å². The molecule has 6 heteroatoms. The van der Waals surface area contributed by atoms with Crippen molar-refractivity contribution in [1.29, 1.82) is 0 Å². The summed E-state index contributed by atoms with van der Waals surface area (Å²) in [7, 11) is 3.08. The molecule has 1 unspecified atom stereocenters. The van der Waals surface area contributed by atoms with Crippen molar-refractivity contribution < 1.29 is 19.1 Å². The first-order valence-electron chi connectivity index (χ1n) is 5.13. The zero-order chi connectivity index (χ0) is 12.3. The number of imide groups is 1. The maximum atomic E-state index is 11.6. The van der Waals surface area contributed by atoms with E-state index in [1.807, 2.05) is 0 Å². The smallest absolute Gasteiger partial charge is 0.320 e. The van der Waals surface area contributed by atoms with Crippen molar-refractivity contribution in [2.75, 3.05) is 27.2 Å². The molecule has 0 aromatic carbocycles. The molecule has 0 radical (unpaired) electrons. The van der Waals surface area contributed by atoms with E-state index in [1.54, 1.807) is 18.9 Å². The summed E-state index contributed by atoms with van der Waals surface area (Å²) < 4.78 is 4.77.